The van der Waals surface area contributed by atoms with Gasteiger partial charge < -0.3 is 5.11 Å². The van der Waals surface area contributed by atoms with Crippen molar-refractivity contribution in [3.63, 3.8) is 0 Å². The van der Waals surface area contributed by atoms with Crippen molar-refractivity contribution in [2.24, 2.45) is 0 Å². The van der Waals surface area contributed by atoms with Crippen LogP contribution in [0.25, 0.3) is 5.57 Å². The highest BCUT2D eigenvalue weighted by atomic mass is 35.5. The number of carbonyl (C=O) groups excluding carboxylic acids is 1. The van der Waals surface area contributed by atoms with Crippen LogP contribution >= 0.6 is 11.6 Å². The van der Waals surface area contributed by atoms with Crippen molar-refractivity contribution in [3.8, 4) is 0 Å². The third-order valence-corrected chi connectivity index (χ3v) is 5.02. The summed E-state index contributed by atoms with van der Waals surface area (Å²) < 4.78 is 0. The molecule has 0 radical (unpaired) electrons. The Morgan fingerprint density at radius 3 is 2.07 bits per heavy atom. The van der Waals surface area contributed by atoms with Crippen LogP contribution in [0.3, 0.4) is 0 Å². The zero-order chi connectivity index (χ0) is 18.9. The van der Waals surface area contributed by atoms with Gasteiger partial charge in [0.05, 0.1) is 0 Å². The Kier molecular flexibility index (Phi) is 4.56. The Hall–Kier alpha value is -2.88. The fraction of sp³-hybridized carbons (Fsp3) is 0.0870. The second-order valence-corrected chi connectivity index (χ2v) is 6.97. The van der Waals surface area contributed by atoms with Crippen molar-refractivity contribution >= 4 is 23.1 Å². The van der Waals surface area contributed by atoms with E-state index in [0.717, 1.165) is 11.1 Å². The van der Waals surface area contributed by atoms with E-state index in [9.17, 15) is 9.90 Å². The molecular weight excluding hydrogens is 358 g/mol. The molecule has 1 amide bonds. The summed E-state index contributed by atoms with van der Waals surface area (Å²) in [7, 11) is 0. The van der Waals surface area contributed by atoms with Gasteiger partial charge in [0.2, 0.25) is 0 Å². The third-order valence-electron chi connectivity index (χ3n) is 4.77. The number of amides is 1. The highest BCUT2D eigenvalue weighted by Crippen LogP contribution is 2.40. The molecule has 0 spiro atoms. The summed E-state index contributed by atoms with van der Waals surface area (Å²) in [5.41, 5.74) is 1.28. The molecule has 0 saturated heterocycles. The minimum Gasteiger partial charge on any atom is -0.363 e. The molecular formula is C23H18ClNO2. The van der Waals surface area contributed by atoms with E-state index in [2.05, 4.69) is 0 Å². The van der Waals surface area contributed by atoms with Crippen molar-refractivity contribution in [1.82, 2.24) is 4.90 Å². The number of hydrogen-bond donors (Lipinski definition) is 1. The standard InChI is InChI=1S/C23H18ClNO2/c24-20-13-11-19(12-14-20)23(27)15-21(18-9-5-2-6-10-18)22(26)25(23)16-17-7-3-1-4-8-17/h1-15,27H,16H2. The van der Waals surface area contributed by atoms with Gasteiger partial charge in [-0.3, -0.25) is 9.69 Å². The van der Waals surface area contributed by atoms with E-state index in [4.69, 9.17) is 11.6 Å². The lowest BCUT2D eigenvalue weighted by molar-refractivity contribution is -0.143. The van der Waals surface area contributed by atoms with Gasteiger partial charge in [-0.15, -0.1) is 0 Å². The second kappa shape index (κ2) is 7.03. The summed E-state index contributed by atoms with van der Waals surface area (Å²) in [6.07, 6.45) is 1.64. The number of benzene rings is 3. The van der Waals surface area contributed by atoms with Gasteiger partial charge in [0, 0.05) is 22.7 Å². The van der Waals surface area contributed by atoms with Gasteiger partial charge >= 0.3 is 0 Å². The molecule has 3 nitrogen and oxygen atoms in total. The largest absolute Gasteiger partial charge is 0.363 e. The molecule has 1 heterocycles. The van der Waals surface area contributed by atoms with Gasteiger partial charge in [0.25, 0.3) is 5.91 Å². The van der Waals surface area contributed by atoms with Crippen LogP contribution in [0.5, 0.6) is 0 Å². The molecule has 3 aromatic carbocycles. The van der Waals surface area contributed by atoms with E-state index in [0.29, 0.717) is 22.7 Å². The second-order valence-electron chi connectivity index (χ2n) is 6.53. The summed E-state index contributed by atoms with van der Waals surface area (Å²) in [5, 5.41) is 12.1. The molecule has 0 saturated carbocycles. The van der Waals surface area contributed by atoms with Gasteiger partial charge in [-0.25, -0.2) is 0 Å². The van der Waals surface area contributed by atoms with E-state index < -0.39 is 5.72 Å². The minimum atomic E-state index is -1.54. The lowest BCUT2D eigenvalue weighted by Gasteiger charge is -2.33. The molecule has 0 aliphatic carbocycles. The fourth-order valence-corrected chi connectivity index (χ4v) is 3.48. The van der Waals surface area contributed by atoms with Crippen molar-refractivity contribution in [1.29, 1.82) is 0 Å². The van der Waals surface area contributed by atoms with Crippen LogP contribution < -0.4 is 0 Å². The molecule has 1 atom stereocenters. The summed E-state index contributed by atoms with van der Waals surface area (Å²) in [6, 6.07) is 26.0. The van der Waals surface area contributed by atoms with Gasteiger partial charge in [-0.1, -0.05) is 84.4 Å². The Balaban J connectivity index is 1.80. The number of halogens is 1. The highest BCUT2D eigenvalue weighted by Gasteiger charge is 2.45. The maximum atomic E-state index is 13.2. The van der Waals surface area contributed by atoms with Crippen LogP contribution in [0, 0.1) is 0 Å². The average molecular weight is 376 g/mol. The van der Waals surface area contributed by atoms with E-state index in [1.54, 1.807) is 30.3 Å². The summed E-state index contributed by atoms with van der Waals surface area (Å²) in [6.45, 7) is 0.297. The molecule has 0 fully saturated rings. The molecule has 3 aromatic rings. The topological polar surface area (TPSA) is 40.5 Å². The molecule has 27 heavy (non-hydrogen) atoms. The first kappa shape index (κ1) is 17.5. The molecule has 1 aliphatic heterocycles. The molecule has 1 aliphatic rings. The van der Waals surface area contributed by atoms with E-state index in [1.807, 2.05) is 60.7 Å². The molecule has 4 rings (SSSR count). The third kappa shape index (κ3) is 3.27. The lowest BCUT2D eigenvalue weighted by Crippen LogP contribution is -2.43. The van der Waals surface area contributed by atoms with Crippen molar-refractivity contribution in [2.45, 2.75) is 12.3 Å². The van der Waals surface area contributed by atoms with Crippen molar-refractivity contribution in [3.05, 3.63) is 113 Å². The molecule has 1 N–H and O–H groups in total. The molecule has 1 unspecified atom stereocenters. The maximum absolute atomic E-state index is 13.2. The Bertz CT molecular complexity index is 984. The van der Waals surface area contributed by atoms with E-state index in [1.165, 1.54) is 4.90 Å². The quantitative estimate of drug-likeness (QED) is 0.723. The lowest BCUT2D eigenvalue weighted by atomic mass is 10.00. The SMILES string of the molecule is O=C1C(c2ccccc2)=CC(O)(c2ccc(Cl)cc2)N1Cc1ccccc1. The average Bonchev–Trinajstić information content (AvgIpc) is 2.96. The number of aliphatic hydroxyl groups is 1. The molecule has 4 heteroatoms. The predicted octanol–water partition coefficient (Wildman–Crippen LogP) is 4.61. The van der Waals surface area contributed by atoms with Crippen LogP contribution in [0.1, 0.15) is 16.7 Å². The monoisotopic (exact) mass is 375 g/mol. The fourth-order valence-electron chi connectivity index (χ4n) is 3.36. The summed E-state index contributed by atoms with van der Waals surface area (Å²) >= 11 is 6.01. The first-order valence-corrected chi connectivity index (χ1v) is 9.08. The highest BCUT2D eigenvalue weighted by molar-refractivity contribution is 6.30. The van der Waals surface area contributed by atoms with Gasteiger partial charge in [-0.05, 0) is 29.3 Å². The Labute approximate surface area is 163 Å². The molecule has 0 bridgehead atoms. The number of rotatable bonds is 4. The first-order chi connectivity index (χ1) is 13.1. The van der Waals surface area contributed by atoms with Gasteiger partial charge in [-0.2, -0.15) is 0 Å². The van der Waals surface area contributed by atoms with Gasteiger partial charge in [0.1, 0.15) is 0 Å². The predicted molar refractivity (Wildman–Crippen MR) is 107 cm³/mol. The number of carbonyl (C=O) groups is 1. The number of hydrogen-bond acceptors (Lipinski definition) is 2. The van der Waals surface area contributed by atoms with Crippen molar-refractivity contribution in [2.75, 3.05) is 0 Å². The molecule has 134 valence electrons. The van der Waals surface area contributed by atoms with Crippen molar-refractivity contribution < 1.29 is 9.90 Å². The first-order valence-electron chi connectivity index (χ1n) is 8.70. The zero-order valence-corrected chi connectivity index (χ0v) is 15.3. The smallest absolute Gasteiger partial charge is 0.257 e. The zero-order valence-electron chi connectivity index (χ0n) is 14.5. The Morgan fingerprint density at radius 1 is 0.852 bits per heavy atom. The summed E-state index contributed by atoms with van der Waals surface area (Å²) in [5.74, 6) is -0.206. The van der Waals surface area contributed by atoms with Crippen LogP contribution in [0.2, 0.25) is 5.02 Å². The normalized spacial score (nSPS) is 19.3. The van der Waals surface area contributed by atoms with E-state index in [-0.39, 0.29) is 5.91 Å². The Morgan fingerprint density at radius 2 is 1.44 bits per heavy atom. The maximum Gasteiger partial charge on any atom is 0.257 e. The molecule has 0 aromatic heterocycles. The van der Waals surface area contributed by atoms with Crippen LogP contribution in [0.4, 0.5) is 0 Å². The van der Waals surface area contributed by atoms with Crippen LogP contribution in [-0.4, -0.2) is 15.9 Å². The van der Waals surface area contributed by atoms with Crippen LogP contribution in [-0.2, 0) is 17.1 Å². The number of nitrogens with zero attached hydrogens (tertiary/aromatic N) is 1. The minimum absolute atomic E-state index is 0.206. The van der Waals surface area contributed by atoms with Crippen LogP contribution in [0.15, 0.2) is 91.0 Å². The summed E-state index contributed by atoms with van der Waals surface area (Å²) in [4.78, 5) is 14.7. The van der Waals surface area contributed by atoms with Gasteiger partial charge in [0.15, 0.2) is 5.72 Å². The van der Waals surface area contributed by atoms with E-state index >= 15 is 0 Å².